The molecule has 0 aliphatic carbocycles. The number of hydrogen-bond acceptors (Lipinski definition) is 2. The van der Waals surface area contributed by atoms with Crippen LogP contribution in [0.1, 0.15) is 12.0 Å². The van der Waals surface area contributed by atoms with Crippen molar-refractivity contribution in [1.82, 2.24) is 0 Å². The van der Waals surface area contributed by atoms with Crippen LogP contribution in [-0.4, -0.2) is 16.5 Å². The second kappa shape index (κ2) is 6.20. The Balaban J connectivity index is 2.64. The zero-order chi connectivity index (χ0) is 11.3. The third kappa shape index (κ3) is 3.89. The van der Waals surface area contributed by atoms with E-state index in [0.29, 0.717) is 24.3 Å². The summed E-state index contributed by atoms with van der Waals surface area (Å²) in [5, 5.41) is 0.0725. The molecule has 0 saturated heterocycles. The van der Waals surface area contributed by atoms with E-state index in [2.05, 4.69) is 0 Å². The average Bonchev–Trinajstić information content (AvgIpc) is 2.22. The highest BCUT2D eigenvalue weighted by atomic mass is 35.5. The molecule has 0 aromatic heterocycles. The van der Waals surface area contributed by atoms with E-state index in [1.807, 2.05) is 0 Å². The van der Waals surface area contributed by atoms with Crippen LogP contribution < -0.4 is 5.73 Å². The van der Waals surface area contributed by atoms with E-state index in [1.165, 1.54) is 6.07 Å². The summed E-state index contributed by atoms with van der Waals surface area (Å²) in [6.45, 7) is 0.504. The molecule has 1 aromatic carbocycles. The summed E-state index contributed by atoms with van der Waals surface area (Å²) in [6, 6.07) is 4.73. The van der Waals surface area contributed by atoms with E-state index in [4.69, 9.17) is 17.3 Å². The Kier molecular flexibility index (Phi) is 5.22. The first-order chi connectivity index (χ1) is 7.15. The number of hydrogen-bond donors (Lipinski definition) is 1. The Morgan fingerprint density at radius 3 is 2.87 bits per heavy atom. The number of rotatable bonds is 5. The lowest BCUT2D eigenvalue weighted by Gasteiger charge is -2.04. The molecule has 0 fully saturated rings. The second-order valence-corrected chi connectivity index (χ2v) is 5.13. The van der Waals surface area contributed by atoms with Gasteiger partial charge in [0.2, 0.25) is 0 Å². The van der Waals surface area contributed by atoms with Crippen LogP contribution in [0.4, 0.5) is 4.39 Å². The fourth-order valence-electron chi connectivity index (χ4n) is 1.15. The van der Waals surface area contributed by atoms with Gasteiger partial charge in [-0.1, -0.05) is 23.7 Å². The minimum absolute atomic E-state index is 0.0725. The van der Waals surface area contributed by atoms with Gasteiger partial charge in [0, 0.05) is 22.1 Å². The number of halogens is 2. The Labute approximate surface area is 96.1 Å². The van der Waals surface area contributed by atoms with Crippen LogP contribution in [0.3, 0.4) is 0 Å². The molecule has 1 rings (SSSR count). The first-order valence-electron chi connectivity index (χ1n) is 4.63. The molecule has 2 N–H and O–H groups in total. The van der Waals surface area contributed by atoms with Crippen molar-refractivity contribution < 1.29 is 8.60 Å². The molecule has 1 unspecified atom stereocenters. The van der Waals surface area contributed by atoms with E-state index in [-0.39, 0.29) is 10.8 Å². The molecule has 0 bridgehead atoms. The fourth-order valence-corrected chi connectivity index (χ4v) is 2.55. The van der Waals surface area contributed by atoms with Crippen molar-refractivity contribution in [2.75, 3.05) is 12.3 Å². The molecule has 5 heteroatoms. The number of nitrogens with two attached hydrogens (primary N) is 1. The van der Waals surface area contributed by atoms with E-state index in [1.54, 1.807) is 12.1 Å². The Morgan fingerprint density at radius 1 is 1.47 bits per heavy atom. The Morgan fingerprint density at radius 2 is 2.20 bits per heavy atom. The first-order valence-corrected chi connectivity index (χ1v) is 6.49. The Bertz CT molecular complexity index is 359. The third-order valence-corrected chi connectivity index (χ3v) is 3.59. The Hall–Kier alpha value is -0.450. The van der Waals surface area contributed by atoms with Crippen LogP contribution in [0.25, 0.3) is 0 Å². The van der Waals surface area contributed by atoms with Gasteiger partial charge in [0.15, 0.2) is 0 Å². The molecule has 2 nitrogen and oxygen atoms in total. The zero-order valence-electron chi connectivity index (χ0n) is 8.21. The summed E-state index contributed by atoms with van der Waals surface area (Å²) in [4.78, 5) is 0. The SMILES string of the molecule is NCCCS(=O)Cc1cccc(Cl)c1F. The van der Waals surface area contributed by atoms with Crippen molar-refractivity contribution >= 4 is 22.4 Å². The number of benzene rings is 1. The molecule has 1 atom stereocenters. The highest BCUT2D eigenvalue weighted by Gasteiger charge is 2.09. The lowest BCUT2D eigenvalue weighted by atomic mass is 10.2. The van der Waals surface area contributed by atoms with Crippen molar-refractivity contribution in [1.29, 1.82) is 0 Å². The minimum Gasteiger partial charge on any atom is -0.330 e. The van der Waals surface area contributed by atoms with Crippen LogP contribution in [-0.2, 0) is 16.6 Å². The van der Waals surface area contributed by atoms with Crippen molar-refractivity contribution in [2.45, 2.75) is 12.2 Å². The van der Waals surface area contributed by atoms with Crippen molar-refractivity contribution in [3.63, 3.8) is 0 Å². The topological polar surface area (TPSA) is 43.1 Å². The quantitative estimate of drug-likeness (QED) is 0.868. The van der Waals surface area contributed by atoms with E-state index in [0.717, 1.165) is 0 Å². The molecule has 84 valence electrons. The summed E-state index contributed by atoms with van der Waals surface area (Å²) in [6.07, 6.45) is 0.689. The van der Waals surface area contributed by atoms with Crippen LogP contribution in [0.2, 0.25) is 5.02 Å². The summed E-state index contributed by atoms with van der Waals surface area (Å²) >= 11 is 5.61. The predicted octanol–water partition coefficient (Wildman–Crippen LogP) is 2.08. The van der Waals surface area contributed by atoms with Crippen LogP contribution in [0.15, 0.2) is 18.2 Å². The molecular formula is C10H13ClFNOS. The van der Waals surface area contributed by atoms with Crippen LogP contribution in [0.5, 0.6) is 0 Å². The maximum atomic E-state index is 13.4. The molecule has 15 heavy (non-hydrogen) atoms. The van der Waals surface area contributed by atoms with Crippen LogP contribution >= 0.6 is 11.6 Å². The van der Waals surface area contributed by atoms with Gasteiger partial charge in [0.05, 0.1) is 10.8 Å². The highest BCUT2D eigenvalue weighted by molar-refractivity contribution is 7.84. The van der Waals surface area contributed by atoms with Crippen molar-refractivity contribution in [3.8, 4) is 0 Å². The summed E-state index contributed by atoms with van der Waals surface area (Å²) in [7, 11) is -1.07. The maximum Gasteiger partial charge on any atom is 0.145 e. The van der Waals surface area contributed by atoms with Gasteiger partial charge >= 0.3 is 0 Å². The van der Waals surface area contributed by atoms with E-state index < -0.39 is 16.6 Å². The molecule has 0 saturated carbocycles. The largest absolute Gasteiger partial charge is 0.330 e. The van der Waals surface area contributed by atoms with Gasteiger partial charge in [-0.2, -0.15) is 0 Å². The average molecular weight is 250 g/mol. The summed E-state index contributed by atoms with van der Waals surface area (Å²) < 4.78 is 24.9. The monoisotopic (exact) mass is 249 g/mol. The summed E-state index contributed by atoms with van der Waals surface area (Å²) in [5.74, 6) is 0.231. The third-order valence-electron chi connectivity index (χ3n) is 1.92. The zero-order valence-corrected chi connectivity index (χ0v) is 9.78. The van der Waals surface area contributed by atoms with Gasteiger partial charge in [-0.15, -0.1) is 0 Å². The molecule has 0 aliphatic heterocycles. The highest BCUT2D eigenvalue weighted by Crippen LogP contribution is 2.19. The predicted molar refractivity (Wildman–Crippen MR) is 61.8 cm³/mol. The lowest BCUT2D eigenvalue weighted by Crippen LogP contribution is -2.08. The van der Waals surface area contributed by atoms with Gasteiger partial charge in [-0.3, -0.25) is 4.21 Å². The molecule has 0 radical (unpaired) electrons. The summed E-state index contributed by atoms with van der Waals surface area (Å²) in [5.41, 5.74) is 5.70. The smallest absolute Gasteiger partial charge is 0.145 e. The van der Waals surface area contributed by atoms with Crippen LogP contribution in [0, 0.1) is 5.82 Å². The molecule has 0 spiro atoms. The maximum absolute atomic E-state index is 13.4. The van der Waals surface area contributed by atoms with Crippen molar-refractivity contribution in [3.05, 3.63) is 34.6 Å². The normalized spacial score (nSPS) is 12.7. The molecular weight excluding hydrogens is 237 g/mol. The standard InChI is InChI=1S/C10H13ClFNOS/c11-9-4-1-3-8(10(9)12)7-15(14)6-2-5-13/h1,3-4H,2,5-7,13H2. The molecule has 0 heterocycles. The van der Waals surface area contributed by atoms with Gasteiger partial charge in [-0.05, 0) is 19.0 Å². The second-order valence-electron chi connectivity index (χ2n) is 3.14. The fraction of sp³-hybridized carbons (Fsp3) is 0.400. The van der Waals surface area contributed by atoms with E-state index >= 15 is 0 Å². The van der Waals surface area contributed by atoms with Gasteiger partial charge in [0.25, 0.3) is 0 Å². The van der Waals surface area contributed by atoms with Crippen molar-refractivity contribution in [2.24, 2.45) is 5.73 Å². The first kappa shape index (κ1) is 12.6. The van der Waals surface area contributed by atoms with E-state index in [9.17, 15) is 8.60 Å². The lowest BCUT2D eigenvalue weighted by molar-refractivity contribution is 0.615. The van der Waals surface area contributed by atoms with Gasteiger partial charge in [-0.25, -0.2) is 4.39 Å². The minimum atomic E-state index is -1.07. The molecule has 1 aromatic rings. The van der Waals surface area contributed by atoms with Gasteiger partial charge < -0.3 is 5.73 Å². The molecule has 0 amide bonds. The molecule has 0 aliphatic rings. The van der Waals surface area contributed by atoms with Gasteiger partial charge in [0.1, 0.15) is 5.82 Å².